The van der Waals surface area contributed by atoms with Gasteiger partial charge in [-0.1, -0.05) is 18.2 Å². The molecular formula is C21H22N2O5. The van der Waals surface area contributed by atoms with E-state index in [0.717, 1.165) is 16.5 Å². The Morgan fingerprint density at radius 2 is 1.89 bits per heavy atom. The van der Waals surface area contributed by atoms with Crippen LogP contribution in [0.3, 0.4) is 0 Å². The lowest BCUT2D eigenvalue weighted by Gasteiger charge is -2.16. The van der Waals surface area contributed by atoms with Crippen LogP contribution in [0, 0.1) is 0 Å². The van der Waals surface area contributed by atoms with Crippen LogP contribution in [-0.2, 0) is 20.7 Å². The summed E-state index contributed by atoms with van der Waals surface area (Å²) in [7, 11) is 3.03. The highest BCUT2D eigenvalue weighted by molar-refractivity contribution is 5.97. The Hall–Kier alpha value is -3.48. The zero-order valence-corrected chi connectivity index (χ0v) is 15.9. The summed E-state index contributed by atoms with van der Waals surface area (Å²) < 4.78 is 15.7. The number of carbonyl (C=O) groups is 2. The Balaban J connectivity index is 1.63. The third kappa shape index (κ3) is 4.25. The number of carbonyl (C=O) groups excluding carboxylic acids is 2. The zero-order chi connectivity index (χ0) is 20.1. The summed E-state index contributed by atoms with van der Waals surface area (Å²) in [5.41, 5.74) is 2.20. The predicted octanol–water partition coefficient (Wildman–Crippen LogP) is 3.30. The zero-order valence-electron chi connectivity index (χ0n) is 15.9. The fourth-order valence-corrected chi connectivity index (χ4v) is 2.87. The van der Waals surface area contributed by atoms with Crippen molar-refractivity contribution in [2.75, 3.05) is 19.5 Å². The molecule has 0 aliphatic rings. The third-order valence-corrected chi connectivity index (χ3v) is 4.35. The molecule has 0 saturated heterocycles. The van der Waals surface area contributed by atoms with Crippen molar-refractivity contribution in [1.29, 1.82) is 0 Å². The van der Waals surface area contributed by atoms with Crippen molar-refractivity contribution in [3.05, 3.63) is 54.2 Å². The highest BCUT2D eigenvalue weighted by Crippen LogP contribution is 2.29. The van der Waals surface area contributed by atoms with Gasteiger partial charge in [0.25, 0.3) is 5.91 Å². The quantitative estimate of drug-likeness (QED) is 0.612. The minimum atomic E-state index is -0.964. The minimum Gasteiger partial charge on any atom is -0.497 e. The van der Waals surface area contributed by atoms with E-state index in [1.807, 2.05) is 24.3 Å². The van der Waals surface area contributed by atoms with E-state index >= 15 is 0 Å². The van der Waals surface area contributed by atoms with Gasteiger partial charge in [-0.2, -0.15) is 0 Å². The Morgan fingerprint density at radius 1 is 1.11 bits per heavy atom. The first-order chi connectivity index (χ1) is 13.5. The monoisotopic (exact) mass is 382 g/mol. The van der Waals surface area contributed by atoms with Gasteiger partial charge in [0.1, 0.15) is 11.5 Å². The molecule has 7 nitrogen and oxygen atoms in total. The van der Waals surface area contributed by atoms with Crippen molar-refractivity contribution >= 4 is 28.5 Å². The number of ether oxygens (including phenoxy) is 3. The second kappa shape index (κ2) is 8.47. The van der Waals surface area contributed by atoms with Gasteiger partial charge in [-0.05, 0) is 30.7 Å². The topological polar surface area (TPSA) is 89.7 Å². The van der Waals surface area contributed by atoms with Crippen LogP contribution in [0.5, 0.6) is 11.5 Å². The van der Waals surface area contributed by atoms with Gasteiger partial charge in [0.05, 0.1) is 26.3 Å². The number of esters is 1. The van der Waals surface area contributed by atoms with Crippen molar-refractivity contribution in [1.82, 2.24) is 4.98 Å². The van der Waals surface area contributed by atoms with Gasteiger partial charge in [-0.3, -0.25) is 9.59 Å². The van der Waals surface area contributed by atoms with Crippen LogP contribution in [0.25, 0.3) is 10.9 Å². The number of rotatable bonds is 7. The summed E-state index contributed by atoms with van der Waals surface area (Å²) >= 11 is 0. The summed E-state index contributed by atoms with van der Waals surface area (Å²) in [6.45, 7) is 1.52. The largest absolute Gasteiger partial charge is 0.497 e. The standard InChI is InChI=1S/C21H22N2O5/c1-13(21(25)23-18-11-15(26-2)8-9-19(18)27-3)28-20(24)10-14-12-22-17-7-5-4-6-16(14)17/h4-9,11-13,22H,10H2,1-3H3,(H,23,25)/t13-/m0/s1. The molecule has 3 aromatic rings. The van der Waals surface area contributed by atoms with Crippen molar-refractivity contribution in [3.8, 4) is 11.5 Å². The summed E-state index contributed by atoms with van der Waals surface area (Å²) in [5.74, 6) is 0.107. The number of hydrogen-bond acceptors (Lipinski definition) is 5. The molecule has 1 amide bonds. The summed E-state index contributed by atoms with van der Waals surface area (Å²) in [4.78, 5) is 27.8. The number of aromatic amines is 1. The molecule has 0 saturated carbocycles. The lowest BCUT2D eigenvalue weighted by Crippen LogP contribution is -2.30. The molecule has 1 aromatic heterocycles. The molecule has 0 radical (unpaired) electrons. The van der Waals surface area contributed by atoms with E-state index < -0.39 is 18.0 Å². The van der Waals surface area contributed by atoms with Crippen LogP contribution in [0.1, 0.15) is 12.5 Å². The Bertz CT molecular complexity index is 995. The molecular weight excluding hydrogens is 360 g/mol. The number of methoxy groups -OCH3 is 2. The molecule has 28 heavy (non-hydrogen) atoms. The minimum absolute atomic E-state index is 0.0735. The molecule has 0 aliphatic carbocycles. The van der Waals surface area contributed by atoms with Crippen LogP contribution < -0.4 is 14.8 Å². The second-order valence-corrected chi connectivity index (χ2v) is 6.22. The number of nitrogens with one attached hydrogen (secondary N) is 2. The number of benzene rings is 2. The summed E-state index contributed by atoms with van der Waals surface area (Å²) in [6.07, 6.45) is 0.885. The number of H-pyrrole nitrogens is 1. The van der Waals surface area contributed by atoms with Gasteiger partial charge in [0, 0.05) is 23.2 Å². The normalized spacial score (nSPS) is 11.7. The lowest BCUT2D eigenvalue weighted by atomic mass is 10.1. The van der Waals surface area contributed by atoms with E-state index in [0.29, 0.717) is 17.2 Å². The molecule has 0 unspecified atom stereocenters. The molecule has 0 bridgehead atoms. The van der Waals surface area contributed by atoms with E-state index in [1.54, 1.807) is 24.4 Å². The molecule has 2 N–H and O–H groups in total. The second-order valence-electron chi connectivity index (χ2n) is 6.22. The lowest BCUT2D eigenvalue weighted by molar-refractivity contribution is -0.152. The van der Waals surface area contributed by atoms with Crippen LogP contribution in [0.4, 0.5) is 5.69 Å². The van der Waals surface area contributed by atoms with E-state index in [4.69, 9.17) is 14.2 Å². The van der Waals surface area contributed by atoms with Crippen LogP contribution in [0.2, 0.25) is 0 Å². The third-order valence-electron chi connectivity index (χ3n) is 4.35. The van der Waals surface area contributed by atoms with Crippen molar-refractivity contribution in [3.63, 3.8) is 0 Å². The highest BCUT2D eigenvalue weighted by Gasteiger charge is 2.20. The number of anilines is 1. The molecule has 7 heteroatoms. The van der Waals surface area contributed by atoms with Crippen molar-refractivity contribution < 1.29 is 23.8 Å². The van der Waals surface area contributed by atoms with Gasteiger partial charge < -0.3 is 24.5 Å². The first-order valence-corrected chi connectivity index (χ1v) is 8.79. The van der Waals surface area contributed by atoms with Gasteiger partial charge in [0.15, 0.2) is 6.10 Å². The van der Waals surface area contributed by atoms with E-state index in [9.17, 15) is 9.59 Å². The van der Waals surface area contributed by atoms with Gasteiger partial charge >= 0.3 is 5.97 Å². The molecule has 0 fully saturated rings. The smallest absolute Gasteiger partial charge is 0.311 e. The fourth-order valence-electron chi connectivity index (χ4n) is 2.87. The molecule has 146 valence electrons. The molecule has 2 aromatic carbocycles. The maximum absolute atomic E-state index is 12.4. The molecule has 3 rings (SSSR count). The van der Waals surface area contributed by atoms with Crippen LogP contribution in [0.15, 0.2) is 48.7 Å². The SMILES string of the molecule is COc1ccc(OC)c(NC(=O)[C@H](C)OC(=O)Cc2c[nH]c3ccccc23)c1. The number of amides is 1. The molecule has 0 spiro atoms. The van der Waals surface area contributed by atoms with Gasteiger partial charge in [0.2, 0.25) is 0 Å². The van der Waals surface area contributed by atoms with Gasteiger partial charge in [-0.15, -0.1) is 0 Å². The first-order valence-electron chi connectivity index (χ1n) is 8.79. The fraction of sp³-hybridized carbons (Fsp3) is 0.238. The van der Waals surface area contributed by atoms with E-state index in [2.05, 4.69) is 10.3 Å². The summed E-state index contributed by atoms with van der Waals surface area (Å²) in [6, 6.07) is 12.7. The van der Waals surface area contributed by atoms with Gasteiger partial charge in [-0.25, -0.2) is 0 Å². The number of fused-ring (bicyclic) bond motifs is 1. The van der Waals surface area contributed by atoms with Crippen LogP contribution in [-0.4, -0.2) is 37.2 Å². The predicted molar refractivity (Wildman–Crippen MR) is 106 cm³/mol. The average molecular weight is 382 g/mol. The summed E-state index contributed by atoms with van der Waals surface area (Å²) in [5, 5.41) is 3.66. The molecule has 1 atom stereocenters. The van der Waals surface area contributed by atoms with E-state index in [1.165, 1.54) is 21.1 Å². The maximum Gasteiger partial charge on any atom is 0.311 e. The van der Waals surface area contributed by atoms with Crippen molar-refractivity contribution in [2.24, 2.45) is 0 Å². The van der Waals surface area contributed by atoms with Crippen LogP contribution >= 0.6 is 0 Å². The Kier molecular flexibility index (Phi) is 5.84. The maximum atomic E-state index is 12.4. The molecule has 1 heterocycles. The Morgan fingerprint density at radius 3 is 2.64 bits per heavy atom. The highest BCUT2D eigenvalue weighted by atomic mass is 16.5. The number of aromatic nitrogens is 1. The average Bonchev–Trinajstić information content (AvgIpc) is 3.10. The molecule has 0 aliphatic heterocycles. The van der Waals surface area contributed by atoms with E-state index in [-0.39, 0.29) is 6.42 Å². The Labute approximate surface area is 162 Å². The number of para-hydroxylation sites is 1. The number of hydrogen-bond donors (Lipinski definition) is 2. The van der Waals surface area contributed by atoms with Crippen molar-refractivity contribution in [2.45, 2.75) is 19.4 Å². The first kappa shape index (κ1) is 19.3.